The number of carbonyl (C=O) groups excluding carboxylic acids is 2. The van der Waals surface area contributed by atoms with Gasteiger partial charge in [0.25, 0.3) is 0 Å². The Morgan fingerprint density at radius 3 is 1.40 bits per heavy atom. The van der Waals surface area contributed by atoms with Crippen LogP contribution in [0.4, 0.5) is 26.3 Å². The van der Waals surface area contributed by atoms with Crippen LogP contribution in [0.2, 0.25) is 0 Å². The van der Waals surface area contributed by atoms with E-state index in [9.17, 15) is 35.9 Å². The molecular formula is C5F6INO2. The van der Waals surface area contributed by atoms with Crippen LogP contribution in [0.5, 0.6) is 0 Å². The van der Waals surface area contributed by atoms with Crippen molar-refractivity contribution in [1.82, 2.24) is 3.11 Å². The molecular weight excluding hydrogens is 347 g/mol. The lowest BCUT2D eigenvalue weighted by Gasteiger charge is -2.37. The van der Waals surface area contributed by atoms with E-state index in [2.05, 4.69) is 0 Å². The summed E-state index contributed by atoms with van der Waals surface area (Å²) in [6.45, 7) is 0. The lowest BCUT2D eigenvalue weighted by molar-refractivity contribution is -0.300. The second-order valence-corrected chi connectivity index (χ2v) is 3.58. The van der Waals surface area contributed by atoms with E-state index in [1.807, 2.05) is 0 Å². The first kappa shape index (κ1) is 12.5. The molecule has 1 saturated heterocycles. The lowest BCUT2D eigenvalue weighted by Crippen LogP contribution is -2.70. The van der Waals surface area contributed by atoms with Crippen molar-refractivity contribution in [2.75, 3.05) is 0 Å². The highest BCUT2D eigenvalue weighted by molar-refractivity contribution is 14.1. The molecule has 1 rings (SSSR count). The van der Waals surface area contributed by atoms with Crippen LogP contribution >= 0.6 is 22.9 Å². The third-order valence-electron chi connectivity index (χ3n) is 1.68. The Hall–Kier alpha value is -0.550. The van der Waals surface area contributed by atoms with Gasteiger partial charge in [-0.25, -0.2) is 3.11 Å². The van der Waals surface area contributed by atoms with E-state index < -0.39 is 32.7 Å². The molecule has 1 aliphatic rings. The molecule has 1 fully saturated rings. The molecule has 0 aromatic rings. The zero-order valence-corrected chi connectivity index (χ0v) is 8.57. The predicted octanol–water partition coefficient (Wildman–Crippen LogP) is 1.61. The molecule has 1 heterocycles. The number of hydrogen-bond donors (Lipinski definition) is 0. The quantitative estimate of drug-likeness (QED) is 0.289. The number of carbonyl (C=O) groups is 2. The summed E-state index contributed by atoms with van der Waals surface area (Å²) in [5, 5.41) is 0. The average Bonchev–Trinajstić information content (AvgIpc) is 2.12. The zero-order chi connectivity index (χ0) is 12.2. The predicted molar refractivity (Wildman–Crippen MR) is 40.7 cm³/mol. The molecule has 0 N–H and O–H groups in total. The summed E-state index contributed by atoms with van der Waals surface area (Å²) in [5.41, 5.74) is 0. The van der Waals surface area contributed by atoms with Crippen LogP contribution in [-0.2, 0) is 9.59 Å². The van der Waals surface area contributed by atoms with Gasteiger partial charge >= 0.3 is 29.6 Å². The Balaban J connectivity index is 3.40. The fourth-order valence-corrected chi connectivity index (χ4v) is 1.41. The maximum absolute atomic E-state index is 12.5. The van der Waals surface area contributed by atoms with Gasteiger partial charge < -0.3 is 0 Å². The van der Waals surface area contributed by atoms with Crippen LogP contribution in [-0.4, -0.2) is 32.7 Å². The van der Waals surface area contributed by atoms with Crippen molar-refractivity contribution in [3.05, 3.63) is 0 Å². The maximum Gasteiger partial charge on any atom is 0.394 e. The summed E-state index contributed by atoms with van der Waals surface area (Å²) in [6.07, 6.45) is 0. The van der Waals surface area contributed by atoms with E-state index in [0.717, 1.165) is 0 Å². The molecule has 0 aromatic heterocycles. The van der Waals surface area contributed by atoms with Crippen molar-refractivity contribution in [3.63, 3.8) is 0 Å². The van der Waals surface area contributed by atoms with Crippen molar-refractivity contribution in [2.24, 2.45) is 0 Å². The Bertz CT molecular complexity index is 312. The van der Waals surface area contributed by atoms with Gasteiger partial charge in [0.1, 0.15) is 0 Å². The molecule has 0 bridgehead atoms. The summed E-state index contributed by atoms with van der Waals surface area (Å²) in [5.74, 6) is -22.6. The Kier molecular flexibility index (Phi) is 2.49. The summed E-state index contributed by atoms with van der Waals surface area (Å²) in [7, 11) is 0. The normalized spacial score (nSPS) is 28.1. The van der Waals surface area contributed by atoms with Crippen LogP contribution in [0.1, 0.15) is 0 Å². The first-order valence-electron chi connectivity index (χ1n) is 3.16. The van der Waals surface area contributed by atoms with Crippen LogP contribution in [0, 0.1) is 0 Å². The molecule has 0 saturated carbocycles. The van der Waals surface area contributed by atoms with E-state index in [-0.39, 0.29) is 0 Å². The third-order valence-corrected chi connectivity index (χ3v) is 2.56. The molecule has 1 aliphatic heterocycles. The molecule has 10 heteroatoms. The van der Waals surface area contributed by atoms with Gasteiger partial charge in [-0.3, -0.25) is 9.59 Å². The third kappa shape index (κ3) is 1.26. The minimum Gasteiger partial charge on any atom is -0.266 e. The topological polar surface area (TPSA) is 37.4 Å². The Morgan fingerprint density at radius 1 is 0.867 bits per heavy atom. The van der Waals surface area contributed by atoms with E-state index in [4.69, 9.17) is 0 Å². The molecule has 15 heavy (non-hydrogen) atoms. The first-order valence-corrected chi connectivity index (χ1v) is 4.12. The van der Waals surface area contributed by atoms with Crippen molar-refractivity contribution >= 4 is 34.7 Å². The van der Waals surface area contributed by atoms with Gasteiger partial charge in [-0.15, -0.1) is 0 Å². The SMILES string of the molecule is O=C1N(I)C(=O)C(F)(F)C(F)(F)C1(F)F. The number of imide groups is 1. The summed E-state index contributed by atoms with van der Waals surface area (Å²) in [6, 6.07) is 0. The summed E-state index contributed by atoms with van der Waals surface area (Å²) >= 11 is 0.517. The van der Waals surface area contributed by atoms with Crippen molar-refractivity contribution in [2.45, 2.75) is 17.8 Å². The minimum absolute atomic E-state index is 0.517. The van der Waals surface area contributed by atoms with Crippen molar-refractivity contribution < 1.29 is 35.9 Å². The molecule has 2 amide bonds. The molecule has 0 unspecified atom stereocenters. The fraction of sp³-hybridized carbons (Fsp3) is 0.600. The molecule has 0 radical (unpaired) electrons. The van der Waals surface area contributed by atoms with Gasteiger partial charge in [0.05, 0.1) is 22.9 Å². The molecule has 0 atom stereocenters. The number of amides is 2. The van der Waals surface area contributed by atoms with Crippen LogP contribution < -0.4 is 0 Å². The highest BCUT2D eigenvalue weighted by Crippen LogP contribution is 2.51. The maximum atomic E-state index is 12.5. The van der Waals surface area contributed by atoms with E-state index in [0.29, 0.717) is 22.9 Å². The number of nitrogens with zero attached hydrogens (tertiary/aromatic N) is 1. The van der Waals surface area contributed by atoms with Gasteiger partial charge in [0.2, 0.25) is 0 Å². The smallest absolute Gasteiger partial charge is 0.266 e. The number of rotatable bonds is 0. The number of alkyl halides is 6. The number of hydrogen-bond acceptors (Lipinski definition) is 2. The second-order valence-electron chi connectivity index (χ2n) is 2.61. The molecule has 0 aliphatic carbocycles. The monoisotopic (exact) mass is 347 g/mol. The zero-order valence-electron chi connectivity index (χ0n) is 6.41. The largest absolute Gasteiger partial charge is 0.394 e. The molecule has 3 nitrogen and oxygen atoms in total. The summed E-state index contributed by atoms with van der Waals surface area (Å²) < 4.78 is 74.3. The molecule has 0 spiro atoms. The number of piperidine rings is 1. The number of halogens is 7. The van der Waals surface area contributed by atoms with Gasteiger partial charge in [-0.05, 0) is 0 Å². The fourth-order valence-electron chi connectivity index (χ4n) is 0.805. The van der Waals surface area contributed by atoms with Gasteiger partial charge in [-0.1, -0.05) is 0 Å². The minimum atomic E-state index is -6.02. The Morgan fingerprint density at radius 2 is 1.13 bits per heavy atom. The van der Waals surface area contributed by atoms with E-state index in [1.165, 1.54) is 0 Å². The van der Waals surface area contributed by atoms with E-state index >= 15 is 0 Å². The lowest BCUT2D eigenvalue weighted by atomic mass is 9.99. The first-order chi connectivity index (χ1) is 6.48. The molecule has 0 aromatic carbocycles. The summed E-state index contributed by atoms with van der Waals surface area (Å²) in [4.78, 5) is 21.0. The van der Waals surface area contributed by atoms with Crippen LogP contribution in [0.15, 0.2) is 0 Å². The Labute approximate surface area is 91.9 Å². The van der Waals surface area contributed by atoms with E-state index in [1.54, 1.807) is 0 Å². The highest BCUT2D eigenvalue weighted by atomic mass is 127. The molecule has 86 valence electrons. The van der Waals surface area contributed by atoms with Gasteiger partial charge in [0.15, 0.2) is 0 Å². The van der Waals surface area contributed by atoms with Crippen LogP contribution in [0.3, 0.4) is 0 Å². The second kappa shape index (κ2) is 2.98. The van der Waals surface area contributed by atoms with Crippen LogP contribution in [0.25, 0.3) is 0 Å². The van der Waals surface area contributed by atoms with Crippen molar-refractivity contribution in [1.29, 1.82) is 0 Å². The van der Waals surface area contributed by atoms with Gasteiger partial charge in [-0.2, -0.15) is 26.3 Å². The van der Waals surface area contributed by atoms with Crippen molar-refractivity contribution in [3.8, 4) is 0 Å². The van der Waals surface area contributed by atoms with Gasteiger partial charge in [0, 0.05) is 0 Å². The standard InChI is InChI=1S/C5F6INO2/c6-3(7)1(14)13(12)2(15)4(8,9)5(3,10)11. The highest BCUT2D eigenvalue weighted by Gasteiger charge is 2.83. The average molecular weight is 347 g/mol.